The molecule has 5 heteroatoms. The first kappa shape index (κ1) is 17.2. The van der Waals surface area contributed by atoms with Gasteiger partial charge in [-0.25, -0.2) is 4.79 Å². The van der Waals surface area contributed by atoms with Gasteiger partial charge in [0.2, 0.25) is 0 Å². The summed E-state index contributed by atoms with van der Waals surface area (Å²) in [6.45, 7) is 4.25. The number of hydrogen-bond acceptors (Lipinski definition) is 5. The van der Waals surface area contributed by atoms with Crippen LogP contribution in [0.4, 0.5) is 0 Å². The fraction of sp³-hybridized carbons (Fsp3) is 0.500. The largest absolute Gasteiger partial charge is 0.465 e. The van der Waals surface area contributed by atoms with Gasteiger partial charge in [0.05, 0.1) is 18.8 Å². The van der Waals surface area contributed by atoms with Crippen molar-refractivity contribution in [2.75, 3.05) is 13.2 Å². The van der Waals surface area contributed by atoms with Gasteiger partial charge in [-0.2, -0.15) is 0 Å². The van der Waals surface area contributed by atoms with Gasteiger partial charge in [-0.3, -0.25) is 4.79 Å². The van der Waals surface area contributed by atoms with Gasteiger partial charge in [0, 0.05) is 0 Å². The predicted octanol–water partition coefficient (Wildman–Crippen LogP) is 2.08. The maximum absolute atomic E-state index is 11.5. The van der Waals surface area contributed by atoms with Crippen LogP contribution in [0.1, 0.15) is 42.6 Å². The molecular formula is C16H23NO4. The Kier molecular flexibility index (Phi) is 7.46. The molecule has 116 valence electrons. The van der Waals surface area contributed by atoms with Gasteiger partial charge in [-0.05, 0) is 50.8 Å². The van der Waals surface area contributed by atoms with Crippen molar-refractivity contribution in [3.8, 4) is 0 Å². The number of aryl methyl sites for hydroxylation is 1. The molecule has 21 heavy (non-hydrogen) atoms. The van der Waals surface area contributed by atoms with Crippen LogP contribution in [0.2, 0.25) is 0 Å². The first-order valence-corrected chi connectivity index (χ1v) is 7.26. The topological polar surface area (TPSA) is 78.6 Å². The van der Waals surface area contributed by atoms with Crippen LogP contribution in [0.5, 0.6) is 0 Å². The van der Waals surface area contributed by atoms with Crippen molar-refractivity contribution in [3.05, 3.63) is 35.4 Å². The Morgan fingerprint density at radius 2 is 1.71 bits per heavy atom. The second-order valence-electron chi connectivity index (χ2n) is 4.67. The second kappa shape index (κ2) is 9.13. The lowest BCUT2D eigenvalue weighted by atomic mass is 10.0. The Labute approximate surface area is 125 Å². The summed E-state index contributed by atoms with van der Waals surface area (Å²) in [4.78, 5) is 22.9. The number of ether oxygens (including phenoxy) is 2. The molecule has 0 aromatic heterocycles. The van der Waals surface area contributed by atoms with Gasteiger partial charge < -0.3 is 15.2 Å². The minimum Gasteiger partial charge on any atom is -0.465 e. The minimum absolute atomic E-state index is 0.312. The average molecular weight is 293 g/mol. The number of hydrogen-bond donors (Lipinski definition) is 1. The molecule has 1 atom stereocenters. The van der Waals surface area contributed by atoms with Crippen molar-refractivity contribution < 1.29 is 19.1 Å². The van der Waals surface area contributed by atoms with E-state index in [2.05, 4.69) is 0 Å². The molecule has 0 bridgehead atoms. The molecule has 0 amide bonds. The molecule has 1 aromatic rings. The Bertz CT molecular complexity index is 456. The van der Waals surface area contributed by atoms with Crippen molar-refractivity contribution in [2.24, 2.45) is 5.73 Å². The predicted molar refractivity (Wildman–Crippen MR) is 79.9 cm³/mol. The number of rotatable bonds is 8. The Morgan fingerprint density at radius 1 is 1.10 bits per heavy atom. The van der Waals surface area contributed by atoms with Gasteiger partial charge in [0.25, 0.3) is 0 Å². The van der Waals surface area contributed by atoms with E-state index in [1.165, 1.54) is 0 Å². The van der Waals surface area contributed by atoms with Crippen LogP contribution in [0.3, 0.4) is 0 Å². The molecule has 0 radical (unpaired) electrons. The van der Waals surface area contributed by atoms with Crippen LogP contribution >= 0.6 is 0 Å². The zero-order chi connectivity index (χ0) is 15.7. The summed E-state index contributed by atoms with van der Waals surface area (Å²) < 4.78 is 9.78. The quantitative estimate of drug-likeness (QED) is 0.742. The van der Waals surface area contributed by atoms with Gasteiger partial charge in [-0.1, -0.05) is 12.1 Å². The molecule has 2 N–H and O–H groups in total. The molecule has 0 heterocycles. The van der Waals surface area contributed by atoms with Crippen LogP contribution in [0.15, 0.2) is 24.3 Å². The van der Waals surface area contributed by atoms with E-state index in [0.29, 0.717) is 25.2 Å². The first-order valence-electron chi connectivity index (χ1n) is 7.26. The Hall–Kier alpha value is -1.88. The molecule has 0 aliphatic carbocycles. The summed E-state index contributed by atoms with van der Waals surface area (Å²) in [5.41, 5.74) is 7.37. The van der Waals surface area contributed by atoms with Crippen LogP contribution in [0.25, 0.3) is 0 Å². The van der Waals surface area contributed by atoms with E-state index in [-0.39, 0.29) is 11.9 Å². The van der Waals surface area contributed by atoms with Crippen LogP contribution < -0.4 is 5.73 Å². The van der Waals surface area contributed by atoms with Crippen LogP contribution in [-0.4, -0.2) is 31.2 Å². The normalized spacial score (nSPS) is 11.8. The van der Waals surface area contributed by atoms with E-state index in [1.54, 1.807) is 26.0 Å². The molecule has 0 aliphatic heterocycles. The van der Waals surface area contributed by atoms with E-state index in [4.69, 9.17) is 15.2 Å². The van der Waals surface area contributed by atoms with Crippen molar-refractivity contribution in [2.45, 2.75) is 39.2 Å². The molecule has 0 saturated heterocycles. The fourth-order valence-corrected chi connectivity index (χ4v) is 1.92. The standard InChI is InChI=1S/C16H23NO4/c1-3-20-15(18)13-10-8-12(9-11-13)6-5-7-14(17)16(19)21-4-2/h8-11,14H,3-7,17H2,1-2H3. The fourth-order valence-electron chi connectivity index (χ4n) is 1.92. The summed E-state index contributed by atoms with van der Waals surface area (Å²) in [5, 5.41) is 0. The van der Waals surface area contributed by atoms with E-state index in [9.17, 15) is 9.59 Å². The smallest absolute Gasteiger partial charge is 0.338 e. The highest BCUT2D eigenvalue weighted by Gasteiger charge is 2.13. The second-order valence-corrected chi connectivity index (χ2v) is 4.67. The maximum atomic E-state index is 11.5. The van der Waals surface area contributed by atoms with Gasteiger partial charge in [-0.15, -0.1) is 0 Å². The lowest BCUT2D eigenvalue weighted by molar-refractivity contribution is -0.144. The van der Waals surface area contributed by atoms with Crippen molar-refractivity contribution in [1.29, 1.82) is 0 Å². The molecule has 1 unspecified atom stereocenters. The number of carbonyl (C=O) groups is 2. The van der Waals surface area contributed by atoms with Crippen LogP contribution in [0, 0.1) is 0 Å². The monoisotopic (exact) mass is 293 g/mol. The van der Waals surface area contributed by atoms with E-state index < -0.39 is 6.04 Å². The SMILES string of the molecule is CCOC(=O)c1ccc(CCCC(N)C(=O)OCC)cc1. The van der Waals surface area contributed by atoms with Gasteiger partial charge in [0.1, 0.15) is 6.04 Å². The van der Waals surface area contributed by atoms with Crippen molar-refractivity contribution >= 4 is 11.9 Å². The zero-order valence-electron chi connectivity index (χ0n) is 12.6. The Balaban J connectivity index is 2.39. The summed E-state index contributed by atoms with van der Waals surface area (Å²) >= 11 is 0. The number of benzene rings is 1. The Morgan fingerprint density at radius 3 is 2.29 bits per heavy atom. The third-order valence-electron chi connectivity index (χ3n) is 3.03. The van der Waals surface area contributed by atoms with Crippen molar-refractivity contribution in [1.82, 2.24) is 0 Å². The third kappa shape index (κ3) is 5.95. The third-order valence-corrected chi connectivity index (χ3v) is 3.03. The van der Waals surface area contributed by atoms with E-state index >= 15 is 0 Å². The average Bonchev–Trinajstić information content (AvgIpc) is 2.48. The minimum atomic E-state index is -0.566. The number of esters is 2. The summed E-state index contributed by atoms with van der Waals surface area (Å²) in [5.74, 6) is -0.663. The molecule has 1 aromatic carbocycles. The highest BCUT2D eigenvalue weighted by Crippen LogP contribution is 2.10. The van der Waals surface area contributed by atoms with E-state index in [1.807, 2.05) is 12.1 Å². The zero-order valence-corrected chi connectivity index (χ0v) is 12.6. The number of carbonyl (C=O) groups excluding carboxylic acids is 2. The lowest BCUT2D eigenvalue weighted by Gasteiger charge is -2.10. The highest BCUT2D eigenvalue weighted by molar-refractivity contribution is 5.89. The highest BCUT2D eigenvalue weighted by atomic mass is 16.5. The number of nitrogens with two attached hydrogens (primary N) is 1. The maximum Gasteiger partial charge on any atom is 0.338 e. The molecule has 0 saturated carbocycles. The molecule has 0 aliphatic rings. The molecule has 0 fully saturated rings. The van der Waals surface area contributed by atoms with Crippen LogP contribution in [-0.2, 0) is 20.7 Å². The summed E-state index contributed by atoms with van der Waals surface area (Å²) in [6.07, 6.45) is 2.17. The van der Waals surface area contributed by atoms with Crippen molar-refractivity contribution in [3.63, 3.8) is 0 Å². The lowest BCUT2D eigenvalue weighted by Crippen LogP contribution is -2.32. The van der Waals surface area contributed by atoms with E-state index in [0.717, 1.165) is 18.4 Å². The summed E-state index contributed by atoms with van der Waals surface area (Å²) in [6, 6.07) is 6.71. The molecular weight excluding hydrogens is 270 g/mol. The van der Waals surface area contributed by atoms with Gasteiger partial charge in [0.15, 0.2) is 0 Å². The van der Waals surface area contributed by atoms with Gasteiger partial charge >= 0.3 is 11.9 Å². The summed E-state index contributed by atoms with van der Waals surface area (Å²) in [7, 11) is 0. The molecule has 0 spiro atoms. The first-order chi connectivity index (χ1) is 10.1. The molecule has 1 rings (SSSR count). The molecule has 5 nitrogen and oxygen atoms in total.